The van der Waals surface area contributed by atoms with Crippen LogP contribution >= 0.6 is 0 Å². The van der Waals surface area contributed by atoms with Crippen molar-refractivity contribution in [2.75, 3.05) is 18.8 Å². The Balaban J connectivity index is 0.973. The average molecular weight is 607 g/mol. The van der Waals surface area contributed by atoms with Gasteiger partial charge in [-0.05, 0) is 66.6 Å². The highest BCUT2D eigenvalue weighted by Crippen LogP contribution is 2.25. The summed E-state index contributed by atoms with van der Waals surface area (Å²) in [7, 11) is 1.82. The summed E-state index contributed by atoms with van der Waals surface area (Å²) in [6.45, 7) is 1.24. The molecule has 0 radical (unpaired) electrons. The number of nitrogens with zero attached hydrogens (tertiary/aromatic N) is 5. The number of aryl methyl sites for hydroxylation is 1. The SMILES string of the molecule is Cn1cc(-c2cnc(N)c(C(=O)N[C@@H]3CCN(C(=O)NCc4ccc(Oc5ccc(-n6cccc6CO)cc5)cc4)C3)c2)cn1. The number of hydrogen-bond acceptors (Lipinski definition) is 7. The monoisotopic (exact) mass is 606 g/mol. The van der Waals surface area contributed by atoms with Crippen molar-refractivity contribution in [1.82, 2.24) is 34.9 Å². The largest absolute Gasteiger partial charge is 0.457 e. The highest BCUT2D eigenvalue weighted by Gasteiger charge is 2.28. The van der Waals surface area contributed by atoms with E-state index in [0.29, 0.717) is 37.6 Å². The first-order valence-electron chi connectivity index (χ1n) is 14.6. The molecule has 1 aliphatic rings. The van der Waals surface area contributed by atoms with E-state index in [1.165, 1.54) is 0 Å². The van der Waals surface area contributed by atoms with Gasteiger partial charge >= 0.3 is 6.03 Å². The highest BCUT2D eigenvalue weighted by atomic mass is 16.5. The maximum absolute atomic E-state index is 13.0. The number of benzene rings is 2. The van der Waals surface area contributed by atoms with E-state index in [-0.39, 0.29) is 36.0 Å². The Morgan fingerprint density at radius 2 is 1.80 bits per heavy atom. The number of amides is 3. The van der Waals surface area contributed by atoms with Crippen molar-refractivity contribution in [3.8, 4) is 28.3 Å². The molecule has 12 heteroatoms. The van der Waals surface area contributed by atoms with E-state index in [4.69, 9.17) is 10.5 Å². The quantitative estimate of drug-likeness (QED) is 0.199. The van der Waals surface area contributed by atoms with Crippen molar-refractivity contribution < 1.29 is 19.4 Å². The van der Waals surface area contributed by atoms with Crippen molar-refractivity contribution in [1.29, 1.82) is 0 Å². The highest BCUT2D eigenvalue weighted by molar-refractivity contribution is 5.99. The number of anilines is 1. The summed E-state index contributed by atoms with van der Waals surface area (Å²) in [6, 6.07) is 20.2. The van der Waals surface area contributed by atoms with Crippen LogP contribution in [0, 0.1) is 0 Å². The van der Waals surface area contributed by atoms with Gasteiger partial charge in [-0.25, -0.2) is 9.78 Å². The van der Waals surface area contributed by atoms with Crippen molar-refractivity contribution >= 4 is 17.8 Å². The fraction of sp³-hybridized carbons (Fsp3) is 0.212. The molecule has 4 heterocycles. The zero-order valence-electron chi connectivity index (χ0n) is 24.8. The normalized spacial score (nSPS) is 14.4. The third-order valence-electron chi connectivity index (χ3n) is 7.72. The molecule has 3 amide bonds. The number of pyridine rings is 1. The van der Waals surface area contributed by atoms with Gasteiger partial charge in [0.1, 0.15) is 17.3 Å². The van der Waals surface area contributed by atoms with Crippen molar-refractivity contribution in [2.45, 2.75) is 25.6 Å². The number of carbonyl (C=O) groups is 2. The Bertz CT molecular complexity index is 1800. The first-order chi connectivity index (χ1) is 21.9. The van der Waals surface area contributed by atoms with Crippen LogP contribution in [0.5, 0.6) is 11.5 Å². The van der Waals surface area contributed by atoms with Crippen LogP contribution in [0.2, 0.25) is 0 Å². The average Bonchev–Trinajstić information content (AvgIpc) is 3.83. The molecule has 0 spiro atoms. The minimum atomic E-state index is -0.326. The summed E-state index contributed by atoms with van der Waals surface area (Å²) in [5, 5.41) is 19.6. The molecule has 1 fully saturated rings. The van der Waals surface area contributed by atoms with Crippen molar-refractivity contribution in [2.24, 2.45) is 7.05 Å². The van der Waals surface area contributed by atoms with E-state index in [2.05, 4.69) is 20.7 Å². The van der Waals surface area contributed by atoms with E-state index >= 15 is 0 Å². The minimum Gasteiger partial charge on any atom is -0.457 e. The molecule has 0 unspecified atom stereocenters. The molecule has 12 nitrogen and oxygen atoms in total. The minimum absolute atomic E-state index is 0.0351. The molecule has 230 valence electrons. The van der Waals surface area contributed by atoms with Gasteiger partial charge in [-0.1, -0.05) is 12.1 Å². The summed E-state index contributed by atoms with van der Waals surface area (Å²) in [5.74, 6) is 1.18. The summed E-state index contributed by atoms with van der Waals surface area (Å²) in [6.07, 6.45) is 7.69. The Kier molecular flexibility index (Phi) is 8.47. The topological polar surface area (TPSA) is 153 Å². The zero-order chi connectivity index (χ0) is 31.3. The second-order valence-electron chi connectivity index (χ2n) is 10.9. The molecule has 0 aliphatic carbocycles. The van der Waals surface area contributed by atoms with Gasteiger partial charge in [-0.3, -0.25) is 9.48 Å². The van der Waals surface area contributed by atoms with E-state index in [9.17, 15) is 14.7 Å². The predicted octanol–water partition coefficient (Wildman–Crippen LogP) is 3.85. The lowest BCUT2D eigenvalue weighted by Gasteiger charge is -2.18. The van der Waals surface area contributed by atoms with Gasteiger partial charge in [0.05, 0.1) is 18.4 Å². The Hall–Kier alpha value is -5.62. The maximum atomic E-state index is 13.0. The number of hydrogen-bond donors (Lipinski definition) is 4. The van der Waals surface area contributed by atoms with Crippen molar-refractivity contribution in [3.05, 3.63) is 108 Å². The van der Waals surface area contributed by atoms with Gasteiger partial charge in [0, 0.05) is 73.8 Å². The molecule has 5 aromatic rings. The second kappa shape index (κ2) is 12.9. The Morgan fingerprint density at radius 3 is 2.51 bits per heavy atom. The number of rotatable bonds is 9. The molecule has 45 heavy (non-hydrogen) atoms. The summed E-state index contributed by atoms with van der Waals surface area (Å²) >= 11 is 0. The third kappa shape index (κ3) is 6.81. The lowest BCUT2D eigenvalue weighted by atomic mass is 10.1. The van der Waals surface area contributed by atoms with E-state index in [0.717, 1.165) is 28.1 Å². The van der Waals surface area contributed by atoms with Crippen LogP contribution in [0.1, 0.15) is 28.0 Å². The van der Waals surface area contributed by atoms with E-state index < -0.39 is 0 Å². The number of aliphatic hydroxyl groups excluding tert-OH is 1. The van der Waals surface area contributed by atoms with Crippen LogP contribution in [0.15, 0.2) is 91.5 Å². The smallest absolute Gasteiger partial charge is 0.317 e. The lowest BCUT2D eigenvalue weighted by Crippen LogP contribution is -2.42. The molecule has 2 aromatic carbocycles. The molecule has 1 atom stereocenters. The fourth-order valence-electron chi connectivity index (χ4n) is 5.28. The van der Waals surface area contributed by atoms with E-state index in [1.54, 1.807) is 28.0 Å². The number of nitrogens with one attached hydrogen (secondary N) is 2. The van der Waals surface area contributed by atoms with Crippen LogP contribution < -0.4 is 21.1 Å². The number of aromatic nitrogens is 4. The molecule has 5 N–H and O–H groups in total. The second-order valence-corrected chi connectivity index (χ2v) is 10.9. The van der Waals surface area contributed by atoms with Crippen molar-refractivity contribution in [3.63, 3.8) is 0 Å². The first kappa shape index (κ1) is 29.5. The summed E-state index contributed by atoms with van der Waals surface area (Å²) in [5.41, 5.74) is 10.6. The van der Waals surface area contributed by atoms with Crippen LogP contribution in [0.3, 0.4) is 0 Å². The van der Waals surface area contributed by atoms with E-state index in [1.807, 2.05) is 84.7 Å². The molecule has 0 bridgehead atoms. The molecule has 6 rings (SSSR count). The third-order valence-corrected chi connectivity index (χ3v) is 7.72. The van der Waals surface area contributed by atoms with Gasteiger partial charge < -0.3 is 35.7 Å². The van der Waals surface area contributed by atoms with Gasteiger partial charge in [0.15, 0.2) is 0 Å². The van der Waals surface area contributed by atoms with Crippen LogP contribution in [0.25, 0.3) is 16.8 Å². The van der Waals surface area contributed by atoms with Gasteiger partial charge in [-0.15, -0.1) is 0 Å². The van der Waals surface area contributed by atoms with Crippen LogP contribution in [0.4, 0.5) is 10.6 Å². The molecule has 1 saturated heterocycles. The standard InChI is InChI=1S/C33H34N8O4/c1-39-19-24(18-37-39)23-15-30(31(34)35-17-23)32(43)38-25-12-14-40(20-25)33(44)36-16-22-4-8-28(9-5-22)45-29-10-6-26(7-11-29)41-13-2-3-27(41)21-42/h2-11,13,15,17-19,25,42H,12,14,16,20-21H2,1H3,(H2,34,35)(H,36,44)(H,38,43)/t25-/m1/s1. The Morgan fingerprint density at radius 1 is 1.04 bits per heavy atom. The summed E-state index contributed by atoms with van der Waals surface area (Å²) in [4.78, 5) is 31.8. The number of carbonyl (C=O) groups excluding carboxylic acids is 2. The van der Waals surface area contributed by atoms with Crippen LogP contribution in [-0.2, 0) is 20.2 Å². The molecule has 0 saturated carbocycles. The lowest BCUT2D eigenvalue weighted by molar-refractivity contribution is 0.0938. The fourth-order valence-corrected chi connectivity index (χ4v) is 5.28. The molecular weight excluding hydrogens is 572 g/mol. The number of ether oxygens (including phenoxy) is 1. The number of urea groups is 1. The molecule has 3 aromatic heterocycles. The number of nitrogen functional groups attached to an aromatic ring is 1. The summed E-state index contributed by atoms with van der Waals surface area (Å²) < 4.78 is 9.57. The maximum Gasteiger partial charge on any atom is 0.317 e. The predicted molar refractivity (Wildman–Crippen MR) is 169 cm³/mol. The zero-order valence-corrected chi connectivity index (χ0v) is 24.8. The Labute approximate surface area is 260 Å². The molecular formula is C33H34N8O4. The van der Waals surface area contributed by atoms with Gasteiger partial charge in [-0.2, -0.15) is 5.10 Å². The number of aliphatic hydroxyl groups is 1. The number of nitrogens with two attached hydrogens (primary N) is 1. The number of likely N-dealkylation sites (tertiary alicyclic amines) is 1. The van der Waals surface area contributed by atoms with Crippen LogP contribution in [-0.4, -0.2) is 60.4 Å². The molecule has 1 aliphatic heterocycles. The van der Waals surface area contributed by atoms with Gasteiger partial charge in [0.2, 0.25) is 0 Å². The van der Waals surface area contributed by atoms with Gasteiger partial charge in [0.25, 0.3) is 5.91 Å². The first-order valence-corrected chi connectivity index (χ1v) is 14.6.